The van der Waals surface area contributed by atoms with Gasteiger partial charge in [-0.05, 0) is 31.0 Å². The lowest BCUT2D eigenvalue weighted by Gasteiger charge is -2.12. The van der Waals surface area contributed by atoms with E-state index in [1.807, 2.05) is 27.0 Å². The first-order valence-corrected chi connectivity index (χ1v) is 4.19. The predicted octanol–water partition coefficient (Wildman–Crippen LogP) is 1.93. The molecule has 0 aromatic heterocycles. The zero-order valence-corrected chi connectivity index (χ0v) is 8.23. The third kappa shape index (κ3) is 1.49. The van der Waals surface area contributed by atoms with Crippen LogP contribution in [-0.2, 0) is 0 Å². The fraction of sp³-hybridized carbons (Fsp3) is 0.300. The summed E-state index contributed by atoms with van der Waals surface area (Å²) in [6.45, 7) is 3.98. The molecular weight excluding hydrogens is 162 g/mol. The van der Waals surface area contributed by atoms with Crippen LogP contribution in [0.4, 0.5) is 11.4 Å². The second-order valence-corrected chi connectivity index (χ2v) is 3.09. The molecule has 1 rings (SSSR count). The van der Waals surface area contributed by atoms with E-state index in [1.165, 1.54) is 6.21 Å². The molecular formula is C10H15N3. The standard InChI is InChI=1S/C10H15N3/c1-6-4-9(13-3)8(5-11)10(12)7(6)2/h4-5,11,13H,12H2,1-3H3. The fourth-order valence-electron chi connectivity index (χ4n) is 1.32. The Hall–Kier alpha value is -1.51. The number of nitrogens with one attached hydrogen (secondary N) is 2. The number of anilines is 2. The van der Waals surface area contributed by atoms with Gasteiger partial charge in [-0.15, -0.1) is 0 Å². The Bertz CT molecular complexity index is 343. The van der Waals surface area contributed by atoms with Crippen molar-refractivity contribution in [3.8, 4) is 0 Å². The van der Waals surface area contributed by atoms with Gasteiger partial charge in [-0.1, -0.05) is 0 Å². The molecule has 4 N–H and O–H groups in total. The Balaban J connectivity index is 3.47. The van der Waals surface area contributed by atoms with E-state index >= 15 is 0 Å². The Morgan fingerprint density at radius 2 is 2.08 bits per heavy atom. The second kappa shape index (κ2) is 3.47. The van der Waals surface area contributed by atoms with Gasteiger partial charge in [0.05, 0.1) is 0 Å². The van der Waals surface area contributed by atoms with Crippen LogP contribution < -0.4 is 11.1 Å². The van der Waals surface area contributed by atoms with Crippen LogP contribution in [0.3, 0.4) is 0 Å². The largest absolute Gasteiger partial charge is 0.398 e. The van der Waals surface area contributed by atoms with Crippen LogP contribution in [0.5, 0.6) is 0 Å². The molecule has 0 bridgehead atoms. The van der Waals surface area contributed by atoms with Gasteiger partial charge in [0.25, 0.3) is 0 Å². The maximum Gasteiger partial charge on any atom is 0.0456 e. The summed E-state index contributed by atoms with van der Waals surface area (Å²) in [4.78, 5) is 0. The van der Waals surface area contributed by atoms with Crippen molar-refractivity contribution < 1.29 is 0 Å². The highest BCUT2D eigenvalue weighted by Crippen LogP contribution is 2.26. The molecule has 0 radical (unpaired) electrons. The molecule has 0 saturated carbocycles. The van der Waals surface area contributed by atoms with Gasteiger partial charge in [0, 0.05) is 30.2 Å². The number of rotatable bonds is 2. The summed E-state index contributed by atoms with van der Waals surface area (Å²) in [5.41, 5.74) is 10.5. The van der Waals surface area contributed by atoms with Crippen molar-refractivity contribution in [1.82, 2.24) is 0 Å². The van der Waals surface area contributed by atoms with Crippen molar-refractivity contribution in [2.75, 3.05) is 18.1 Å². The summed E-state index contributed by atoms with van der Waals surface area (Å²) >= 11 is 0. The van der Waals surface area contributed by atoms with Crippen LogP contribution in [0.2, 0.25) is 0 Å². The van der Waals surface area contributed by atoms with Crippen LogP contribution in [0, 0.1) is 19.3 Å². The number of hydrogen-bond acceptors (Lipinski definition) is 3. The lowest BCUT2D eigenvalue weighted by molar-refractivity contribution is 1.32. The molecule has 0 amide bonds. The summed E-state index contributed by atoms with van der Waals surface area (Å²) in [5, 5.41) is 10.3. The van der Waals surface area contributed by atoms with Gasteiger partial charge in [0.15, 0.2) is 0 Å². The van der Waals surface area contributed by atoms with E-state index in [1.54, 1.807) is 0 Å². The van der Waals surface area contributed by atoms with Gasteiger partial charge >= 0.3 is 0 Å². The van der Waals surface area contributed by atoms with Crippen molar-refractivity contribution in [3.05, 3.63) is 22.8 Å². The fourth-order valence-corrected chi connectivity index (χ4v) is 1.32. The smallest absolute Gasteiger partial charge is 0.0456 e. The van der Waals surface area contributed by atoms with E-state index in [2.05, 4.69) is 5.32 Å². The van der Waals surface area contributed by atoms with Crippen LogP contribution in [0.15, 0.2) is 6.07 Å². The van der Waals surface area contributed by atoms with Crippen LogP contribution in [0.1, 0.15) is 16.7 Å². The van der Waals surface area contributed by atoms with E-state index in [0.717, 1.165) is 22.4 Å². The zero-order chi connectivity index (χ0) is 10.0. The highest BCUT2D eigenvalue weighted by molar-refractivity contribution is 5.94. The Morgan fingerprint density at radius 3 is 2.54 bits per heavy atom. The highest BCUT2D eigenvalue weighted by Gasteiger charge is 2.07. The molecule has 1 aromatic rings. The molecule has 0 aliphatic carbocycles. The van der Waals surface area contributed by atoms with Gasteiger partial charge < -0.3 is 16.5 Å². The maximum absolute atomic E-state index is 7.25. The van der Waals surface area contributed by atoms with E-state index in [9.17, 15) is 0 Å². The average molecular weight is 177 g/mol. The third-order valence-electron chi connectivity index (χ3n) is 2.35. The van der Waals surface area contributed by atoms with Crippen LogP contribution in [-0.4, -0.2) is 13.3 Å². The minimum absolute atomic E-state index is 0.694. The zero-order valence-electron chi connectivity index (χ0n) is 8.23. The summed E-state index contributed by atoms with van der Waals surface area (Å²) < 4.78 is 0. The molecule has 70 valence electrons. The van der Waals surface area contributed by atoms with Gasteiger partial charge in [-0.25, -0.2) is 0 Å². The number of benzene rings is 1. The summed E-state index contributed by atoms with van der Waals surface area (Å²) in [6.07, 6.45) is 1.29. The normalized spacial score (nSPS) is 9.77. The first kappa shape index (κ1) is 9.58. The van der Waals surface area contributed by atoms with Crippen molar-refractivity contribution in [2.24, 2.45) is 0 Å². The van der Waals surface area contributed by atoms with E-state index in [0.29, 0.717) is 5.69 Å². The lowest BCUT2D eigenvalue weighted by Crippen LogP contribution is -2.03. The molecule has 0 aliphatic rings. The molecule has 0 unspecified atom stereocenters. The summed E-state index contributed by atoms with van der Waals surface area (Å²) in [7, 11) is 1.83. The van der Waals surface area contributed by atoms with Crippen molar-refractivity contribution in [2.45, 2.75) is 13.8 Å². The topological polar surface area (TPSA) is 61.9 Å². The minimum atomic E-state index is 0.694. The number of nitrogen functional groups attached to an aromatic ring is 1. The van der Waals surface area contributed by atoms with E-state index in [4.69, 9.17) is 11.1 Å². The Kier molecular flexibility index (Phi) is 2.56. The predicted molar refractivity (Wildman–Crippen MR) is 57.8 cm³/mol. The second-order valence-electron chi connectivity index (χ2n) is 3.09. The first-order valence-electron chi connectivity index (χ1n) is 4.19. The molecule has 3 nitrogen and oxygen atoms in total. The molecule has 1 aromatic carbocycles. The van der Waals surface area contributed by atoms with Crippen molar-refractivity contribution >= 4 is 17.6 Å². The van der Waals surface area contributed by atoms with Gasteiger partial charge in [0.2, 0.25) is 0 Å². The molecule has 0 aliphatic heterocycles. The average Bonchev–Trinajstić information content (AvgIpc) is 2.13. The molecule has 0 saturated heterocycles. The van der Waals surface area contributed by atoms with Crippen molar-refractivity contribution in [3.63, 3.8) is 0 Å². The Labute approximate surface area is 78.5 Å². The van der Waals surface area contributed by atoms with Crippen LogP contribution >= 0.6 is 0 Å². The van der Waals surface area contributed by atoms with Crippen molar-refractivity contribution in [1.29, 1.82) is 5.41 Å². The monoisotopic (exact) mass is 177 g/mol. The molecule has 0 fully saturated rings. The third-order valence-corrected chi connectivity index (χ3v) is 2.35. The van der Waals surface area contributed by atoms with Gasteiger partial charge in [-0.2, -0.15) is 0 Å². The lowest BCUT2D eigenvalue weighted by atomic mass is 10.0. The minimum Gasteiger partial charge on any atom is -0.398 e. The molecule has 3 heteroatoms. The van der Waals surface area contributed by atoms with E-state index in [-0.39, 0.29) is 0 Å². The van der Waals surface area contributed by atoms with Gasteiger partial charge in [-0.3, -0.25) is 0 Å². The SMILES string of the molecule is CNc1cc(C)c(C)c(N)c1C=N. The molecule has 0 atom stereocenters. The first-order chi connectivity index (χ1) is 6.11. The van der Waals surface area contributed by atoms with Crippen LogP contribution in [0.25, 0.3) is 0 Å². The maximum atomic E-state index is 7.25. The summed E-state index contributed by atoms with van der Waals surface area (Å²) in [5.74, 6) is 0. The van der Waals surface area contributed by atoms with E-state index < -0.39 is 0 Å². The molecule has 13 heavy (non-hydrogen) atoms. The summed E-state index contributed by atoms with van der Waals surface area (Å²) in [6, 6.07) is 2.01. The molecule has 0 heterocycles. The molecule has 0 spiro atoms. The quantitative estimate of drug-likeness (QED) is 0.477. The van der Waals surface area contributed by atoms with Gasteiger partial charge in [0.1, 0.15) is 0 Å². The number of aryl methyl sites for hydroxylation is 1. The Morgan fingerprint density at radius 1 is 1.46 bits per heavy atom. The number of nitrogens with two attached hydrogens (primary N) is 1. The highest BCUT2D eigenvalue weighted by atomic mass is 14.8. The number of hydrogen-bond donors (Lipinski definition) is 3.